The average Bonchev–Trinajstić information content (AvgIpc) is 2.69. The lowest BCUT2D eigenvalue weighted by atomic mass is 10.1. The first kappa shape index (κ1) is 20.7. The smallest absolute Gasteiger partial charge is 0.160 e. The Kier molecular flexibility index (Phi) is 7.37. The molecule has 0 aliphatic carbocycles. The molecular weight excluding hydrogens is 438 g/mol. The summed E-state index contributed by atoms with van der Waals surface area (Å²) in [4.78, 5) is 2.37. The number of hydrogen-bond acceptors (Lipinski definition) is 3. The maximum Gasteiger partial charge on any atom is 0.160 e. The van der Waals surface area contributed by atoms with Gasteiger partial charge in [0.05, 0.1) is 7.11 Å². The summed E-state index contributed by atoms with van der Waals surface area (Å²) in [6.07, 6.45) is 0.947. The zero-order chi connectivity index (χ0) is 19.9. The highest BCUT2D eigenvalue weighted by molar-refractivity contribution is 9.10. The number of aromatic hydroxyl groups is 1. The standard InChI is InChI=1S/C23H23BrClNO2/c1-28-23-11-6-19(14-22(23)27)16-26(15-18-4-9-21(25)10-5-18)13-12-17-2-7-20(24)8-3-17/h2-11,14,27H,12-13,15-16H2,1H3. The second-order valence-electron chi connectivity index (χ2n) is 6.72. The molecule has 0 saturated carbocycles. The first-order valence-electron chi connectivity index (χ1n) is 9.10. The second kappa shape index (κ2) is 9.97. The monoisotopic (exact) mass is 459 g/mol. The molecule has 0 aromatic heterocycles. The van der Waals surface area contributed by atoms with Crippen molar-refractivity contribution in [3.05, 3.63) is 92.9 Å². The molecule has 0 aliphatic heterocycles. The van der Waals surface area contributed by atoms with Crippen molar-refractivity contribution >= 4 is 27.5 Å². The van der Waals surface area contributed by atoms with E-state index >= 15 is 0 Å². The van der Waals surface area contributed by atoms with E-state index in [1.54, 1.807) is 19.2 Å². The second-order valence-corrected chi connectivity index (χ2v) is 8.07. The Morgan fingerprint density at radius 3 is 2.14 bits per heavy atom. The van der Waals surface area contributed by atoms with Crippen LogP contribution in [0.2, 0.25) is 5.02 Å². The van der Waals surface area contributed by atoms with Gasteiger partial charge in [0.1, 0.15) is 0 Å². The van der Waals surface area contributed by atoms with Gasteiger partial charge < -0.3 is 9.84 Å². The molecule has 5 heteroatoms. The number of halogens is 2. The molecule has 28 heavy (non-hydrogen) atoms. The van der Waals surface area contributed by atoms with E-state index in [0.29, 0.717) is 5.75 Å². The van der Waals surface area contributed by atoms with E-state index in [0.717, 1.165) is 41.1 Å². The molecule has 0 radical (unpaired) electrons. The molecule has 0 saturated heterocycles. The van der Waals surface area contributed by atoms with Crippen molar-refractivity contribution in [2.75, 3.05) is 13.7 Å². The van der Waals surface area contributed by atoms with Crippen molar-refractivity contribution in [1.29, 1.82) is 0 Å². The molecule has 0 bridgehead atoms. The lowest BCUT2D eigenvalue weighted by molar-refractivity contribution is 0.259. The summed E-state index contributed by atoms with van der Waals surface area (Å²) in [6.45, 7) is 2.44. The van der Waals surface area contributed by atoms with Gasteiger partial charge in [-0.25, -0.2) is 0 Å². The van der Waals surface area contributed by atoms with Crippen LogP contribution in [0, 0.1) is 0 Å². The molecule has 3 aromatic rings. The van der Waals surface area contributed by atoms with Crippen LogP contribution in [0.5, 0.6) is 11.5 Å². The number of ether oxygens (including phenoxy) is 1. The molecule has 0 aliphatic rings. The number of hydrogen-bond donors (Lipinski definition) is 1. The van der Waals surface area contributed by atoms with Gasteiger partial charge in [0, 0.05) is 29.1 Å². The van der Waals surface area contributed by atoms with Crippen molar-refractivity contribution in [1.82, 2.24) is 4.90 Å². The van der Waals surface area contributed by atoms with Gasteiger partial charge in [-0.3, -0.25) is 4.90 Å². The summed E-state index contributed by atoms with van der Waals surface area (Å²) in [5, 5.41) is 10.8. The van der Waals surface area contributed by atoms with E-state index in [4.69, 9.17) is 16.3 Å². The zero-order valence-electron chi connectivity index (χ0n) is 15.7. The van der Waals surface area contributed by atoms with Crippen molar-refractivity contribution in [3.63, 3.8) is 0 Å². The molecule has 0 atom stereocenters. The van der Waals surface area contributed by atoms with Gasteiger partial charge in [-0.1, -0.05) is 57.9 Å². The van der Waals surface area contributed by atoms with Gasteiger partial charge in [-0.2, -0.15) is 0 Å². The van der Waals surface area contributed by atoms with Crippen LogP contribution in [-0.4, -0.2) is 23.7 Å². The van der Waals surface area contributed by atoms with E-state index in [-0.39, 0.29) is 5.75 Å². The van der Waals surface area contributed by atoms with Gasteiger partial charge >= 0.3 is 0 Å². The largest absolute Gasteiger partial charge is 0.504 e. The predicted molar refractivity (Wildman–Crippen MR) is 118 cm³/mol. The summed E-state index contributed by atoms with van der Waals surface area (Å²) >= 11 is 9.50. The third-order valence-corrected chi connectivity index (χ3v) is 5.38. The Morgan fingerprint density at radius 2 is 1.50 bits per heavy atom. The van der Waals surface area contributed by atoms with E-state index in [9.17, 15) is 5.11 Å². The fourth-order valence-corrected chi connectivity index (χ4v) is 3.48. The normalized spacial score (nSPS) is 11.0. The summed E-state index contributed by atoms with van der Waals surface area (Å²) < 4.78 is 6.23. The van der Waals surface area contributed by atoms with E-state index < -0.39 is 0 Å². The molecule has 3 aromatic carbocycles. The minimum absolute atomic E-state index is 0.166. The number of methoxy groups -OCH3 is 1. The average molecular weight is 461 g/mol. The van der Waals surface area contributed by atoms with E-state index in [1.807, 2.05) is 18.2 Å². The lowest BCUT2D eigenvalue weighted by Crippen LogP contribution is -2.25. The van der Waals surface area contributed by atoms with Crippen LogP contribution in [0.1, 0.15) is 16.7 Å². The molecule has 146 valence electrons. The van der Waals surface area contributed by atoms with Gasteiger partial charge in [0.15, 0.2) is 11.5 Å². The van der Waals surface area contributed by atoms with Crippen molar-refractivity contribution in [3.8, 4) is 11.5 Å². The SMILES string of the molecule is COc1ccc(CN(CCc2ccc(Br)cc2)Cc2ccc(Cl)cc2)cc1O. The molecule has 1 N–H and O–H groups in total. The van der Waals surface area contributed by atoms with Crippen molar-refractivity contribution in [2.45, 2.75) is 19.5 Å². The number of rotatable bonds is 8. The Bertz CT molecular complexity index is 897. The highest BCUT2D eigenvalue weighted by atomic mass is 79.9. The Hall–Kier alpha value is -2.01. The fraction of sp³-hybridized carbons (Fsp3) is 0.217. The van der Waals surface area contributed by atoms with Crippen LogP contribution in [0.4, 0.5) is 0 Å². The van der Waals surface area contributed by atoms with Crippen LogP contribution in [0.25, 0.3) is 0 Å². The minimum atomic E-state index is 0.166. The summed E-state index contributed by atoms with van der Waals surface area (Å²) in [5.74, 6) is 0.655. The molecule has 0 unspecified atom stereocenters. The topological polar surface area (TPSA) is 32.7 Å². The molecule has 0 heterocycles. The quantitative estimate of drug-likeness (QED) is 0.443. The maximum absolute atomic E-state index is 10.1. The van der Waals surface area contributed by atoms with Crippen LogP contribution in [0.15, 0.2) is 71.2 Å². The third kappa shape index (κ3) is 5.99. The molecule has 3 rings (SSSR count). The predicted octanol–water partition coefficient (Wildman–Crippen LogP) is 6.06. The van der Waals surface area contributed by atoms with Gasteiger partial charge in [0.2, 0.25) is 0 Å². The zero-order valence-corrected chi connectivity index (χ0v) is 18.1. The van der Waals surface area contributed by atoms with Crippen LogP contribution in [0.3, 0.4) is 0 Å². The molecule has 0 amide bonds. The number of phenolic OH excluding ortho intramolecular Hbond substituents is 1. The number of phenols is 1. The van der Waals surface area contributed by atoms with E-state index in [1.165, 1.54) is 11.1 Å². The maximum atomic E-state index is 10.1. The van der Waals surface area contributed by atoms with Gasteiger partial charge in [-0.05, 0) is 59.5 Å². The van der Waals surface area contributed by atoms with E-state index in [2.05, 4.69) is 57.2 Å². The van der Waals surface area contributed by atoms with Crippen molar-refractivity contribution in [2.24, 2.45) is 0 Å². The number of nitrogens with zero attached hydrogens (tertiary/aromatic N) is 1. The highest BCUT2D eigenvalue weighted by Crippen LogP contribution is 2.27. The summed E-state index contributed by atoms with van der Waals surface area (Å²) in [6, 6.07) is 21.9. The van der Waals surface area contributed by atoms with Crippen LogP contribution in [-0.2, 0) is 19.5 Å². The number of benzene rings is 3. The first-order chi connectivity index (χ1) is 13.5. The highest BCUT2D eigenvalue weighted by Gasteiger charge is 2.10. The molecule has 0 fully saturated rings. The summed E-state index contributed by atoms with van der Waals surface area (Å²) in [5.41, 5.74) is 3.54. The third-order valence-electron chi connectivity index (χ3n) is 4.60. The molecule has 0 spiro atoms. The van der Waals surface area contributed by atoms with Crippen LogP contribution < -0.4 is 4.74 Å². The first-order valence-corrected chi connectivity index (χ1v) is 10.3. The Balaban J connectivity index is 1.73. The van der Waals surface area contributed by atoms with Crippen molar-refractivity contribution < 1.29 is 9.84 Å². The molecular formula is C23H23BrClNO2. The fourth-order valence-electron chi connectivity index (χ4n) is 3.09. The van der Waals surface area contributed by atoms with Crippen LogP contribution >= 0.6 is 27.5 Å². The van der Waals surface area contributed by atoms with Gasteiger partial charge in [-0.15, -0.1) is 0 Å². The Morgan fingerprint density at radius 1 is 0.893 bits per heavy atom. The van der Waals surface area contributed by atoms with Gasteiger partial charge in [0.25, 0.3) is 0 Å². The Labute approximate surface area is 179 Å². The minimum Gasteiger partial charge on any atom is -0.504 e. The molecule has 3 nitrogen and oxygen atoms in total. The summed E-state index contributed by atoms with van der Waals surface area (Å²) in [7, 11) is 1.56. The lowest BCUT2D eigenvalue weighted by Gasteiger charge is -2.23.